The van der Waals surface area contributed by atoms with Gasteiger partial charge in [-0.05, 0) is 153 Å². The van der Waals surface area contributed by atoms with Gasteiger partial charge in [0.1, 0.15) is 0 Å². The third kappa shape index (κ3) is 5.89. The van der Waals surface area contributed by atoms with Gasteiger partial charge in [-0.25, -0.2) is 0 Å². The second-order valence-corrected chi connectivity index (χ2v) is 24.4. The van der Waals surface area contributed by atoms with Gasteiger partial charge in [0.05, 0.1) is 11.1 Å². The fraction of sp³-hybridized carbons (Fsp3) is 0.239. The van der Waals surface area contributed by atoms with Gasteiger partial charge in [-0.3, -0.25) is 0 Å². The molecule has 4 heteroatoms. The predicted molar refractivity (Wildman–Crippen MR) is 316 cm³/mol. The van der Waals surface area contributed by atoms with Crippen molar-refractivity contribution in [1.82, 2.24) is 0 Å². The molecule has 4 aliphatic heterocycles. The fourth-order valence-corrected chi connectivity index (χ4v) is 16.1. The van der Waals surface area contributed by atoms with Crippen molar-refractivity contribution in [1.29, 1.82) is 0 Å². The summed E-state index contributed by atoms with van der Waals surface area (Å²) >= 11 is 0. The van der Waals surface area contributed by atoms with Crippen LogP contribution in [0.4, 0.5) is 39.8 Å². The number of hydrogen-bond acceptors (Lipinski definition) is 3. The van der Waals surface area contributed by atoms with Crippen LogP contribution in [-0.4, -0.2) is 12.3 Å². The minimum atomic E-state index is -0.381. The van der Waals surface area contributed by atoms with E-state index in [2.05, 4.69) is 262 Å². The Balaban J connectivity index is 1.09. The Hall–Kier alpha value is -7.56. The van der Waals surface area contributed by atoms with E-state index in [1.165, 1.54) is 125 Å². The van der Waals surface area contributed by atoms with Gasteiger partial charge in [0.25, 0.3) is 6.71 Å². The smallest absolute Gasteiger partial charge is 0.252 e. The lowest BCUT2D eigenvalue weighted by Gasteiger charge is -2.54. The van der Waals surface area contributed by atoms with E-state index < -0.39 is 0 Å². The molecule has 9 aromatic carbocycles. The summed E-state index contributed by atoms with van der Waals surface area (Å²) in [5.41, 5.74) is 25.8. The van der Waals surface area contributed by atoms with E-state index in [1.54, 1.807) is 0 Å². The lowest BCUT2D eigenvalue weighted by molar-refractivity contribution is 0.215. The summed E-state index contributed by atoms with van der Waals surface area (Å²) in [5.74, 6) is 0. The van der Waals surface area contributed by atoms with E-state index in [1.807, 2.05) is 0 Å². The third-order valence-corrected chi connectivity index (χ3v) is 19.9. The van der Waals surface area contributed by atoms with Crippen LogP contribution in [0.15, 0.2) is 206 Å². The Morgan fingerprint density at radius 2 is 1.09 bits per heavy atom. The summed E-state index contributed by atoms with van der Waals surface area (Å²) in [6.07, 6.45) is 6.74. The Morgan fingerprint density at radius 3 is 1.84 bits per heavy atom. The Kier molecular flexibility index (Phi) is 9.42. The SMILES string of the molecule is CC(C)(C)c1cc2c3c(c1)C1(C)CCc4ccccc4C1(C)N3c1cc(N3c4ccccc4C4(c5ccccc5)CCCCC34C)cc3c1B2c1ccc(-c2ccccc2)cc1N3c1cccc(-c2ccccc2)c1. The van der Waals surface area contributed by atoms with E-state index in [9.17, 15) is 0 Å². The maximum Gasteiger partial charge on any atom is 0.252 e. The number of benzene rings is 9. The summed E-state index contributed by atoms with van der Waals surface area (Å²) < 4.78 is 0. The van der Waals surface area contributed by atoms with Crippen LogP contribution in [-0.2, 0) is 28.2 Å². The van der Waals surface area contributed by atoms with Crippen molar-refractivity contribution in [3.8, 4) is 22.3 Å². The first-order chi connectivity index (χ1) is 36.4. The van der Waals surface area contributed by atoms with E-state index in [4.69, 9.17) is 0 Å². The maximum atomic E-state index is 2.92. The highest BCUT2D eigenvalue weighted by atomic mass is 15.3. The largest absolute Gasteiger partial charge is 0.334 e. The molecule has 9 aromatic rings. The number of rotatable bonds is 5. The van der Waals surface area contributed by atoms with Crippen molar-refractivity contribution in [3.63, 3.8) is 0 Å². The van der Waals surface area contributed by atoms with Gasteiger partial charge in [0, 0.05) is 50.6 Å². The first-order valence-corrected chi connectivity index (χ1v) is 27.8. The monoisotopic (exact) mass is 970 g/mol. The minimum absolute atomic E-state index is 0.00753. The van der Waals surface area contributed by atoms with Crippen LogP contribution in [0, 0.1) is 0 Å². The highest BCUT2D eigenvalue weighted by Crippen LogP contribution is 2.67. The lowest BCUT2D eigenvalue weighted by atomic mass is 9.33. The highest BCUT2D eigenvalue weighted by Gasteiger charge is 2.65. The molecule has 0 bridgehead atoms. The van der Waals surface area contributed by atoms with Crippen LogP contribution in [0.2, 0.25) is 0 Å². The highest BCUT2D eigenvalue weighted by molar-refractivity contribution is 7.00. The average molecular weight is 970 g/mol. The Bertz CT molecular complexity index is 3800. The first kappa shape index (κ1) is 44.9. The number of fused-ring (bicyclic) bond motifs is 12. The van der Waals surface area contributed by atoms with Gasteiger partial charge in [-0.1, -0.05) is 210 Å². The van der Waals surface area contributed by atoms with E-state index >= 15 is 0 Å². The molecule has 1 fully saturated rings. The number of anilines is 7. The molecule has 1 saturated carbocycles. The molecule has 0 amide bonds. The molecule has 0 spiro atoms. The molecule has 0 radical (unpaired) electrons. The number of aryl methyl sites for hydroxylation is 1. The van der Waals surface area contributed by atoms with Crippen LogP contribution in [0.25, 0.3) is 22.3 Å². The number of para-hydroxylation sites is 1. The second kappa shape index (κ2) is 15.7. The van der Waals surface area contributed by atoms with Gasteiger partial charge in [-0.2, -0.15) is 0 Å². The molecule has 75 heavy (non-hydrogen) atoms. The summed E-state index contributed by atoms with van der Waals surface area (Å²) in [5, 5.41) is 0. The molecule has 6 aliphatic rings. The van der Waals surface area contributed by atoms with Gasteiger partial charge in [0.15, 0.2) is 0 Å². The molecule has 4 heterocycles. The summed E-state index contributed by atoms with van der Waals surface area (Å²) in [4.78, 5) is 8.44. The van der Waals surface area contributed by atoms with Crippen LogP contribution >= 0.6 is 0 Å². The molecule has 15 rings (SSSR count). The molecule has 366 valence electrons. The van der Waals surface area contributed by atoms with Crippen LogP contribution < -0.4 is 31.1 Å². The lowest BCUT2D eigenvalue weighted by Crippen LogP contribution is -2.64. The summed E-state index contributed by atoms with van der Waals surface area (Å²) in [6, 6.07) is 79.9. The predicted octanol–water partition coefficient (Wildman–Crippen LogP) is 16.0. The molecule has 4 atom stereocenters. The maximum absolute atomic E-state index is 2.92. The molecular weight excluding hydrogens is 906 g/mol. The standard InChI is InChI=1S/C71H64BN3/c1-67(2,3)53-43-58-66-60(44-53)72-59-36-35-51(48-25-12-8-13-26-48)42-62(59)73(54-31-22-28-50(41-54)47-23-10-7-11-24-47)63-45-55(46-64(65(63)72)75(66)70(6)56-32-17-16-27-49(56)37-40-68(58,70)4)74-61-34-19-18-33-57(61)71(52-29-14-9-15-30-52)39-21-20-38-69(71,74)5/h7-19,22-36,41-46H,20-21,37-40H2,1-6H3. The molecule has 4 unspecified atom stereocenters. The van der Waals surface area contributed by atoms with Crippen molar-refractivity contribution >= 4 is 62.9 Å². The minimum Gasteiger partial charge on any atom is -0.334 e. The third-order valence-electron chi connectivity index (χ3n) is 19.9. The second-order valence-electron chi connectivity index (χ2n) is 24.4. The molecule has 3 nitrogen and oxygen atoms in total. The van der Waals surface area contributed by atoms with E-state index in [-0.39, 0.29) is 34.0 Å². The quantitative estimate of drug-likeness (QED) is 0.159. The van der Waals surface area contributed by atoms with Crippen molar-refractivity contribution in [2.75, 3.05) is 14.7 Å². The fourth-order valence-electron chi connectivity index (χ4n) is 16.1. The van der Waals surface area contributed by atoms with E-state index in [0.29, 0.717) is 0 Å². The van der Waals surface area contributed by atoms with Crippen LogP contribution in [0.3, 0.4) is 0 Å². The zero-order chi connectivity index (χ0) is 50.6. The van der Waals surface area contributed by atoms with Crippen LogP contribution in [0.5, 0.6) is 0 Å². The summed E-state index contributed by atoms with van der Waals surface area (Å²) in [7, 11) is 0. The van der Waals surface area contributed by atoms with Gasteiger partial charge >= 0.3 is 0 Å². The van der Waals surface area contributed by atoms with Crippen LogP contribution in [0.1, 0.15) is 107 Å². The molecule has 0 aromatic heterocycles. The summed E-state index contributed by atoms with van der Waals surface area (Å²) in [6.45, 7) is 15.1. The molecule has 0 saturated heterocycles. The number of hydrogen-bond donors (Lipinski definition) is 0. The normalized spacial score (nSPS) is 23.4. The van der Waals surface area contributed by atoms with Gasteiger partial charge in [0.2, 0.25) is 0 Å². The molecular formula is C71H64BN3. The number of nitrogens with zero attached hydrogens (tertiary/aromatic N) is 3. The zero-order valence-electron chi connectivity index (χ0n) is 44.3. The van der Waals surface area contributed by atoms with E-state index in [0.717, 1.165) is 25.7 Å². The van der Waals surface area contributed by atoms with Crippen molar-refractivity contribution < 1.29 is 0 Å². The zero-order valence-corrected chi connectivity index (χ0v) is 44.3. The van der Waals surface area contributed by atoms with Gasteiger partial charge in [-0.15, -0.1) is 0 Å². The average Bonchev–Trinajstić information content (AvgIpc) is 3.83. The van der Waals surface area contributed by atoms with Crippen molar-refractivity contribution in [3.05, 3.63) is 240 Å². The van der Waals surface area contributed by atoms with Crippen molar-refractivity contribution in [2.45, 2.75) is 107 Å². The molecule has 2 aliphatic carbocycles. The molecule has 0 N–H and O–H groups in total. The van der Waals surface area contributed by atoms with Gasteiger partial charge < -0.3 is 14.7 Å². The Morgan fingerprint density at radius 1 is 0.453 bits per heavy atom. The van der Waals surface area contributed by atoms with Crippen molar-refractivity contribution in [2.24, 2.45) is 0 Å². The first-order valence-electron chi connectivity index (χ1n) is 27.8. The topological polar surface area (TPSA) is 9.72 Å². The Labute approximate surface area is 444 Å².